The van der Waals surface area contributed by atoms with Crippen molar-refractivity contribution in [1.29, 1.82) is 0 Å². The fourth-order valence-corrected chi connectivity index (χ4v) is 3.41. The highest BCUT2D eigenvalue weighted by Gasteiger charge is 2.28. The second-order valence-corrected chi connectivity index (χ2v) is 5.65. The van der Waals surface area contributed by atoms with Gasteiger partial charge >= 0.3 is 0 Å². The predicted molar refractivity (Wildman–Crippen MR) is 79.4 cm³/mol. The molecule has 2 heterocycles. The van der Waals surface area contributed by atoms with Gasteiger partial charge in [-0.05, 0) is 49.2 Å². The number of ether oxygens (including phenoxy) is 2. The Balaban J connectivity index is 1.94. The number of methoxy groups -OCH3 is 2. The molecule has 0 unspecified atom stereocenters. The average Bonchev–Trinajstić information content (AvgIpc) is 2.53. The van der Waals surface area contributed by atoms with Gasteiger partial charge in [0.25, 0.3) is 0 Å². The van der Waals surface area contributed by atoms with Gasteiger partial charge in [-0.1, -0.05) is 6.42 Å². The third kappa shape index (κ3) is 2.50. The van der Waals surface area contributed by atoms with Crippen LogP contribution < -0.4 is 14.8 Å². The second-order valence-electron chi connectivity index (χ2n) is 5.65. The van der Waals surface area contributed by atoms with Gasteiger partial charge in [-0.25, -0.2) is 0 Å². The largest absolute Gasteiger partial charge is 0.493 e. The normalized spacial score (nSPS) is 23.2. The van der Waals surface area contributed by atoms with E-state index in [0.717, 1.165) is 24.6 Å². The molecule has 2 aliphatic heterocycles. The van der Waals surface area contributed by atoms with Gasteiger partial charge in [0.15, 0.2) is 11.5 Å². The molecule has 4 nitrogen and oxygen atoms in total. The van der Waals surface area contributed by atoms with Crippen molar-refractivity contribution >= 4 is 0 Å². The van der Waals surface area contributed by atoms with Gasteiger partial charge in [-0.2, -0.15) is 0 Å². The quantitative estimate of drug-likeness (QED) is 0.919. The van der Waals surface area contributed by atoms with Crippen molar-refractivity contribution in [1.82, 2.24) is 10.2 Å². The molecule has 0 radical (unpaired) electrons. The van der Waals surface area contributed by atoms with Crippen LogP contribution in [0.3, 0.4) is 0 Å². The van der Waals surface area contributed by atoms with E-state index < -0.39 is 0 Å². The number of likely N-dealkylation sites (tertiary alicyclic amines) is 1. The van der Waals surface area contributed by atoms with Crippen molar-refractivity contribution in [2.75, 3.05) is 33.9 Å². The van der Waals surface area contributed by atoms with Crippen molar-refractivity contribution < 1.29 is 9.47 Å². The van der Waals surface area contributed by atoms with Gasteiger partial charge in [0, 0.05) is 19.1 Å². The molecule has 0 amide bonds. The molecule has 2 aliphatic rings. The maximum atomic E-state index is 5.47. The number of nitrogens with one attached hydrogen (secondary N) is 1. The Morgan fingerprint density at radius 3 is 2.45 bits per heavy atom. The minimum atomic E-state index is 0.471. The zero-order valence-electron chi connectivity index (χ0n) is 12.4. The monoisotopic (exact) mass is 276 g/mol. The summed E-state index contributed by atoms with van der Waals surface area (Å²) < 4.78 is 10.9. The topological polar surface area (TPSA) is 33.7 Å². The highest BCUT2D eigenvalue weighted by atomic mass is 16.5. The van der Waals surface area contributed by atoms with E-state index in [-0.39, 0.29) is 0 Å². The summed E-state index contributed by atoms with van der Waals surface area (Å²) in [4.78, 5) is 2.61. The Bertz CT molecular complexity index is 470. The first kappa shape index (κ1) is 13.7. The van der Waals surface area contributed by atoms with E-state index in [9.17, 15) is 0 Å². The minimum absolute atomic E-state index is 0.471. The van der Waals surface area contributed by atoms with Crippen LogP contribution in [0, 0.1) is 0 Å². The number of nitrogens with zero attached hydrogens (tertiary/aromatic N) is 1. The van der Waals surface area contributed by atoms with Gasteiger partial charge in [0.05, 0.1) is 14.2 Å². The van der Waals surface area contributed by atoms with Crippen LogP contribution in [0.2, 0.25) is 0 Å². The summed E-state index contributed by atoms with van der Waals surface area (Å²) in [5.41, 5.74) is 2.74. The highest BCUT2D eigenvalue weighted by molar-refractivity contribution is 5.49. The van der Waals surface area contributed by atoms with Crippen LogP contribution in [-0.4, -0.2) is 38.8 Å². The lowest BCUT2D eigenvalue weighted by molar-refractivity contribution is 0.154. The Morgan fingerprint density at radius 2 is 1.75 bits per heavy atom. The van der Waals surface area contributed by atoms with Gasteiger partial charge in [0.1, 0.15) is 0 Å². The van der Waals surface area contributed by atoms with Crippen LogP contribution in [0.5, 0.6) is 11.5 Å². The lowest BCUT2D eigenvalue weighted by Crippen LogP contribution is -2.42. The Labute approximate surface area is 121 Å². The molecule has 1 fully saturated rings. The van der Waals surface area contributed by atoms with Crippen molar-refractivity contribution in [3.8, 4) is 11.5 Å². The number of piperidine rings is 1. The Hall–Kier alpha value is -1.26. The van der Waals surface area contributed by atoms with Crippen molar-refractivity contribution in [2.24, 2.45) is 0 Å². The molecule has 1 aromatic rings. The van der Waals surface area contributed by atoms with E-state index in [1.54, 1.807) is 14.2 Å². The van der Waals surface area contributed by atoms with Crippen LogP contribution in [0.1, 0.15) is 36.4 Å². The SMILES string of the molecule is COc1cc2c(cc1OC)[C@@H](N1CCCCC1)CNC2. The standard InChI is InChI=1S/C16H24N2O2/c1-19-15-8-12-10-17-11-14(13(12)9-16(15)20-2)18-6-4-3-5-7-18/h8-9,14,17H,3-7,10-11H2,1-2H3/t14-/m0/s1. The number of hydrogen-bond donors (Lipinski definition) is 1. The number of hydrogen-bond acceptors (Lipinski definition) is 4. The van der Waals surface area contributed by atoms with Crippen LogP contribution in [-0.2, 0) is 6.54 Å². The summed E-state index contributed by atoms with van der Waals surface area (Å²) in [7, 11) is 3.41. The molecular formula is C16H24N2O2. The molecule has 1 N–H and O–H groups in total. The Kier molecular flexibility index (Phi) is 4.13. The van der Waals surface area contributed by atoms with Crippen LogP contribution >= 0.6 is 0 Å². The first-order chi connectivity index (χ1) is 9.83. The molecule has 1 aromatic carbocycles. The summed E-state index contributed by atoms with van der Waals surface area (Å²) in [5, 5.41) is 3.54. The predicted octanol–water partition coefficient (Wildman–Crippen LogP) is 2.33. The highest BCUT2D eigenvalue weighted by Crippen LogP contribution is 2.37. The molecule has 3 rings (SSSR count). The van der Waals surface area contributed by atoms with E-state index >= 15 is 0 Å². The molecule has 20 heavy (non-hydrogen) atoms. The van der Waals surface area contributed by atoms with Crippen molar-refractivity contribution in [3.05, 3.63) is 23.3 Å². The van der Waals surface area contributed by atoms with E-state index in [0.29, 0.717) is 6.04 Å². The zero-order chi connectivity index (χ0) is 13.9. The van der Waals surface area contributed by atoms with E-state index in [4.69, 9.17) is 9.47 Å². The van der Waals surface area contributed by atoms with E-state index in [1.165, 1.54) is 43.5 Å². The third-order valence-corrected chi connectivity index (χ3v) is 4.49. The molecule has 0 aliphatic carbocycles. The summed E-state index contributed by atoms with van der Waals surface area (Å²) in [5.74, 6) is 1.67. The first-order valence-corrected chi connectivity index (χ1v) is 7.53. The number of rotatable bonds is 3. The third-order valence-electron chi connectivity index (χ3n) is 4.49. The van der Waals surface area contributed by atoms with Crippen LogP contribution in [0.4, 0.5) is 0 Å². The number of benzene rings is 1. The molecule has 110 valence electrons. The van der Waals surface area contributed by atoms with Crippen molar-refractivity contribution in [3.63, 3.8) is 0 Å². The average molecular weight is 276 g/mol. The molecule has 0 spiro atoms. The number of fused-ring (bicyclic) bond motifs is 1. The van der Waals surface area contributed by atoms with Gasteiger partial charge < -0.3 is 14.8 Å². The molecule has 0 saturated carbocycles. The van der Waals surface area contributed by atoms with Gasteiger partial charge in [-0.3, -0.25) is 4.90 Å². The zero-order valence-corrected chi connectivity index (χ0v) is 12.4. The molecule has 0 aromatic heterocycles. The van der Waals surface area contributed by atoms with Crippen molar-refractivity contribution in [2.45, 2.75) is 31.8 Å². The first-order valence-electron chi connectivity index (χ1n) is 7.53. The maximum absolute atomic E-state index is 5.47. The smallest absolute Gasteiger partial charge is 0.161 e. The van der Waals surface area contributed by atoms with Crippen LogP contribution in [0.25, 0.3) is 0 Å². The van der Waals surface area contributed by atoms with E-state index in [2.05, 4.69) is 22.3 Å². The lowest BCUT2D eigenvalue weighted by Gasteiger charge is -2.38. The Morgan fingerprint density at radius 1 is 1.05 bits per heavy atom. The maximum Gasteiger partial charge on any atom is 0.161 e. The molecule has 0 bridgehead atoms. The summed E-state index contributed by atoms with van der Waals surface area (Å²) in [6.07, 6.45) is 4.01. The molecule has 4 heteroatoms. The molecular weight excluding hydrogens is 252 g/mol. The molecule has 1 saturated heterocycles. The van der Waals surface area contributed by atoms with Gasteiger partial charge in [-0.15, -0.1) is 0 Å². The fourth-order valence-electron chi connectivity index (χ4n) is 3.41. The minimum Gasteiger partial charge on any atom is -0.493 e. The van der Waals surface area contributed by atoms with Crippen LogP contribution in [0.15, 0.2) is 12.1 Å². The van der Waals surface area contributed by atoms with Gasteiger partial charge in [0.2, 0.25) is 0 Å². The fraction of sp³-hybridized carbons (Fsp3) is 0.625. The summed E-state index contributed by atoms with van der Waals surface area (Å²) in [6.45, 7) is 4.36. The summed E-state index contributed by atoms with van der Waals surface area (Å²) in [6, 6.07) is 4.77. The van der Waals surface area contributed by atoms with E-state index in [1.807, 2.05) is 0 Å². The summed E-state index contributed by atoms with van der Waals surface area (Å²) >= 11 is 0. The lowest BCUT2D eigenvalue weighted by atomic mass is 9.93. The molecule has 1 atom stereocenters. The second kappa shape index (κ2) is 6.02.